The van der Waals surface area contributed by atoms with Crippen LogP contribution in [0.3, 0.4) is 0 Å². The third kappa shape index (κ3) is 4.24. The smallest absolute Gasteiger partial charge is 0.465 e. The van der Waals surface area contributed by atoms with Crippen LogP contribution in [0, 0.1) is 10.1 Å². The van der Waals surface area contributed by atoms with Gasteiger partial charge in [-0.05, 0) is 17.7 Å². The van der Waals surface area contributed by atoms with Gasteiger partial charge in [0.15, 0.2) is 12.2 Å². The van der Waals surface area contributed by atoms with Crippen molar-refractivity contribution in [1.29, 1.82) is 0 Å². The van der Waals surface area contributed by atoms with E-state index in [-0.39, 0.29) is 11.3 Å². The van der Waals surface area contributed by atoms with Crippen molar-refractivity contribution in [3.63, 3.8) is 0 Å². The highest BCUT2D eigenvalue weighted by Gasteiger charge is 2.81. The number of carboxylic acids is 1. The number of carbonyl (C=O) groups excluding carboxylic acids is 1. The van der Waals surface area contributed by atoms with Crippen LogP contribution < -0.4 is 0 Å². The minimum Gasteiger partial charge on any atom is -0.479 e. The lowest BCUT2D eigenvalue weighted by atomic mass is 10.2. The summed E-state index contributed by atoms with van der Waals surface area (Å²) in [5, 5.41) is 19.6. The van der Waals surface area contributed by atoms with Crippen LogP contribution in [0.1, 0.15) is 5.56 Å². The maximum Gasteiger partial charge on any atom is 0.465 e. The minimum atomic E-state index is -6.25. The number of nitrogens with zero attached hydrogens (tertiary/aromatic N) is 1. The molecule has 1 heterocycles. The van der Waals surface area contributed by atoms with E-state index in [4.69, 9.17) is 9.84 Å². The van der Waals surface area contributed by atoms with Gasteiger partial charge in [-0.3, -0.25) is 10.1 Å². The number of hydrogen-bond acceptors (Lipinski definition) is 7. The van der Waals surface area contributed by atoms with Gasteiger partial charge in [0, 0.05) is 12.1 Å². The van der Waals surface area contributed by atoms with Gasteiger partial charge in [-0.1, -0.05) is 0 Å². The number of alkyl halides is 6. The summed E-state index contributed by atoms with van der Waals surface area (Å²) < 4.78 is 89.3. The molecule has 0 amide bonds. The molecular weight excluding hydrogens is 424 g/mol. The third-order valence-electron chi connectivity index (χ3n) is 3.61. The van der Waals surface area contributed by atoms with Crippen molar-refractivity contribution in [2.45, 2.75) is 37.0 Å². The van der Waals surface area contributed by atoms with E-state index in [9.17, 15) is 46.0 Å². The molecule has 2 atom stereocenters. The molecule has 2 rings (SSSR count). The Bertz CT molecular complexity index is 792. The molecule has 1 saturated heterocycles. The summed E-state index contributed by atoms with van der Waals surface area (Å²) in [4.78, 5) is 32.6. The Balaban J connectivity index is 2.23. The van der Waals surface area contributed by atoms with Gasteiger partial charge in [0.25, 0.3) is 5.69 Å². The van der Waals surface area contributed by atoms with E-state index in [0.717, 1.165) is 24.3 Å². The number of esters is 1. The van der Waals surface area contributed by atoms with Gasteiger partial charge in [-0.25, -0.2) is 9.59 Å². The van der Waals surface area contributed by atoms with Crippen molar-refractivity contribution >= 4 is 17.6 Å². The molecule has 0 radical (unpaired) electrons. The summed E-state index contributed by atoms with van der Waals surface area (Å²) in [6.45, 7) is -0.729. The van der Waals surface area contributed by atoms with E-state index >= 15 is 0 Å². The van der Waals surface area contributed by atoms with E-state index in [1.165, 1.54) is 0 Å². The quantitative estimate of drug-likeness (QED) is 0.314. The van der Waals surface area contributed by atoms with E-state index in [1.54, 1.807) is 0 Å². The predicted octanol–water partition coefficient (Wildman–Crippen LogP) is 2.33. The molecule has 160 valence electrons. The average molecular weight is 433 g/mol. The monoisotopic (exact) mass is 433 g/mol. The number of carbonyl (C=O) groups is 2. The fourth-order valence-corrected chi connectivity index (χ4v) is 2.23. The Morgan fingerprint density at radius 2 is 1.72 bits per heavy atom. The molecular formula is C14H9F6NO8. The Morgan fingerprint density at radius 1 is 1.21 bits per heavy atom. The Hall–Kier alpha value is -2.94. The normalized spacial score (nSPS) is 20.2. The highest BCUT2D eigenvalue weighted by Crippen LogP contribution is 2.50. The zero-order chi connectivity index (χ0) is 22.2. The topological polar surface area (TPSA) is 125 Å². The van der Waals surface area contributed by atoms with Crippen LogP contribution in [0.4, 0.5) is 32.0 Å². The van der Waals surface area contributed by atoms with E-state index in [0.29, 0.717) is 0 Å². The molecule has 0 spiro atoms. The number of benzene rings is 1. The molecule has 0 bridgehead atoms. The molecule has 0 aliphatic carbocycles. The lowest BCUT2D eigenvalue weighted by Gasteiger charge is -2.30. The number of non-ortho nitro benzene ring substituents is 1. The number of halogens is 6. The zero-order valence-electron chi connectivity index (χ0n) is 13.7. The van der Waals surface area contributed by atoms with Crippen molar-refractivity contribution in [3.05, 3.63) is 39.9 Å². The van der Waals surface area contributed by atoms with Gasteiger partial charge >= 0.3 is 30.1 Å². The molecule has 29 heavy (non-hydrogen) atoms. The first-order valence-corrected chi connectivity index (χ1v) is 7.31. The fraction of sp³-hybridized carbons (Fsp3) is 0.429. The van der Waals surface area contributed by atoms with Crippen molar-refractivity contribution in [2.75, 3.05) is 0 Å². The lowest BCUT2D eigenvalue weighted by molar-refractivity contribution is -0.440. The number of nitro benzene ring substituents is 1. The van der Waals surface area contributed by atoms with E-state index < -0.39 is 53.8 Å². The van der Waals surface area contributed by atoms with Crippen LogP contribution in [-0.2, 0) is 30.4 Å². The maximum absolute atomic E-state index is 12.9. The maximum atomic E-state index is 12.9. The van der Waals surface area contributed by atoms with Crippen molar-refractivity contribution in [2.24, 2.45) is 0 Å². The number of rotatable bonds is 6. The second-order valence-corrected chi connectivity index (χ2v) is 5.57. The molecule has 0 unspecified atom stereocenters. The molecule has 1 aromatic carbocycles. The molecule has 1 N–H and O–H groups in total. The first-order valence-electron chi connectivity index (χ1n) is 7.31. The summed E-state index contributed by atoms with van der Waals surface area (Å²) in [5.41, 5.74) is -0.266. The summed E-state index contributed by atoms with van der Waals surface area (Å²) in [5.74, 6) is -9.68. The number of carboxylic acid groups (broad SMARTS) is 1. The standard InChI is InChI=1S/C14H9F6NO8/c15-13(16,17)12(14(18,19)20)28-9(11(24)29-12)8(10(22)23)27-5-6-1-3-7(4-2-6)21(25)26/h1-4,8-9H,5H2,(H,22,23)/t8-,9-/m1/s1. The Labute approximate surface area is 155 Å². The second kappa shape index (κ2) is 7.47. The van der Waals surface area contributed by atoms with Crippen LogP contribution in [0.25, 0.3) is 0 Å². The summed E-state index contributed by atoms with van der Waals surface area (Å²) in [6, 6.07) is 4.18. The summed E-state index contributed by atoms with van der Waals surface area (Å²) in [6.07, 6.45) is -18.0. The molecule has 1 aliphatic rings. The molecule has 1 aliphatic heterocycles. The highest BCUT2D eigenvalue weighted by molar-refractivity contribution is 5.86. The van der Waals surface area contributed by atoms with Gasteiger partial charge < -0.3 is 19.3 Å². The first-order chi connectivity index (χ1) is 13.2. The predicted molar refractivity (Wildman–Crippen MR) is 75.1 cm³/mol. The van der Waals surface area contributed by atoms with Crippen molar-refractivity contribution < 1.29 is 60.2 Å². The van der Waals surface area contributed by atoms with Gasteiger partial charge in [-0.2, -0.15) is 26.3 Å². The van der Waals surface area contributed by atoms with Gasteiger partial charge in [0.2, 0.25) is 0 Å². The highest BCUT2D eigenvalue weighted by atomic mass is 19.4. The van der Waals surface area contributed by atoms with Crippen molar-refractivity contribution in [1.82, 2.24) is 0 Å². The van der Waals surface area contributed by atoms with Crippen LogP contribution in [0.5, 0.6) is 0 Å². The second-order valence-electron chi connectivity index (χ2n) is 5.57. The molecule has 0 aromatic heterocycles. The number of ether oxygens (including phenoxy) is 3. The number of aliphatic carboxylic acids is 1. The number of cyclic esters (lactones) is 1. The van der Waals surface area contributed by atoms with Crippen LogP contribution >= 0.6 is 0 Å². The van der Waals surface area contributed by atoms with Crippen LogP contribution in [0.15, 0.2) is 24.3 Å². The average Bonchev–Trinajstić information content (AvgIpc) is 2.94. The number of nitro groups is 1. The molecule has 1 aromatic rings. The largest absolute Gasteiger partial charge is 0.479 e. The molecule has 9 nitrogen and oxygen atoms in total. The van der Waals surface area contributed by atoms with Crippen molar-refractivity contribution in [3.8, 4) is 0 Å². The molecule has 0 saturated carbocycles. The summed E-state index contributed by atoms with van der Waals surface area (Å²) >= 11 is 0. The molecule has 15 heteroatoms. The SMILES string of the molecule is O=C(O)[C@H](OCc1ccc([N+](=O)[O-])cc1)[C@H]1OC(C(F)(F)F)(C(F)(F)F)OC1=O. The first kappa shape index (κ1) is 22.4. The van der Waals surface area contributed by atoms with E-state index in [2.05, 4.69) is 9.47 Å². The summed E-state index contributed by atoms with van der Waals surface area (Å²) in [7, 11) is 0. The Morgan fingerprint density at radius 3 is 2.10 bits per heavy atom. The Kier molecular flexibility index (Phi) is 5.76. The van der Waals surface area contributed by atoms with Gasteiger partial charge in [0.05, 0.1) is 11.5 Å². The third-order valence-corrected chi connectivity index (χ3v) is 3.61. The van der Waals surface area contributed by atoms with E-state index in [1.807, 2.05) is 0 Å². The van der Waals surface area contributed by atoms with Crippen LogP contribution in [0.2, 0.25) is 0 Å². The molecule has 1 fully saturated rings. The number of hydrogen-bond donors (Lipinski definition) is 1. The van der Waals surface area contributed by atoms with Gasteiger partial charge in [0.1, 0.15) is 0 Å². The van der Waals surface area contributed by atoms with Crippen LogP contribution in [-0.4, -0.2) is 52.3 Å². The fourth-order valence-electron chi connectivity index (χ4n) is 2.23. The lowest BCUT2D eigenvalue weighted by Crippen LogP contribution is -2.58. The van der Waals surface area contributed by atoms with Gasteiger partial charge in [-0.15, -0.1) is 0 Å². The zero-order valence-corrected chi connectivity index (χ0v) is 13.7. The minimum absolute atomic E-state index is 0.0751.